The van der Waals surface area contributed by atoms with Gasteiger partial charge >= 0.3 is 51.4 Å². The van der Waals surface area contributed by atoms with Gasteiger partial charge < -0.3 is 4.55 Å². The van der Waals surface area contributed by atoms with Gasteiger partial charge in [-0.3, -0.25) is 4.28 Å². The van der Waals surface area contributed by atoms with Crippen LogP contribution in [0.25, 0.3) is 0 Å². The summed E-state index contributed by atoms with van der Waals surface area (Å²) < 4.78 is 35.7. The quantitative estimate of drug-likeness (QED) is 0.177. The summed E-state index contributed by atoms with van der Waals surface area (Å²) in [7, 11) is -4.85. The van der Waals surface area contributed by atoms with Crippen molar-refractivity contribution in [1.82, 2.24) is 0 Å². The second kappa shape index (κ2) is 10.6. The molecular formula is C15H14KNO4S2. The molecule has 0 radical (unpaired) electrons. The van der Waals surface area contributed by atoms with Gasteiger partial charge in [-0.05, 0) is 11.1 Å². The van der Waals surface area contributed by atoms with E-state index in [9.17, 15) is 13.0 Å². The molecule has 0 aromatic heterocycles. The van der Waals surface area contributed by atoms with Crippen LogP contribution in [0.1, 0.15) is 11.1 Å². The number of nitrogens with zero attached hydrogens (tertiary/aromatic N) is 1. The third-order valence-electron chi connectivity index (χ3n) is 2.68. The molecule has 0 fully saturated rings. The number of hydrogen-bond acceptors (Lipinski definition) is 6. The van der Waals surface area contributed by atoms with Crippen molar-refractivity contribution >= 4 is 27.2 Å². The maximum atomic E-state index is 10.6. The van der Waals surface area contributed by atoms with E-state index in [0.29, 0.717) is 17.2 Å². The van der Waals surface area contributed by atoms with Crippen molar-refractivity contribution in [3.63, 3.8) is 0 Å². The molecule has 116 valence electrons. The minimum atomic E-state index is -4.85. The molecule has 0 aliphatic carbocycles. The molecule has 0 saturated carbocycles. The molecule has 0 saturated heterocycles. The monoisotopic (exact) mass is 375 g/mol. The average molecular weight is 376 g/mol. The van der Waals surface area contributed by atoms with E-state index in [1.807, 2.05) is 60.7 Å². The molecule has 5 nitrogen and oxygen atoms in total. The molecule has 23 heavy (non-hydrogen) atoms. The minimum Gasteiger partial charge on any atom is -0.714 e. The maximum Gasteiger partial charge on any atom is 1.00 e. The van der Waals surface area contributed by atoms with Gasteiger partial charge in [-0.2, -0.15) is 8.42 Å². The fourth-order valence-electron chi connectivity index (χ4n) is 1.71. The van der Waals surface area contributed by atoms with Crippen LogP contribution in [0.2, 0.25) is 0 Å². The SMILES string of the molecule is O=S(=O)([O-])O/N=C(/Cc1ccccc1)SCc1ccccc1.[K+]. The summed E-state index contributed by atoms with van der Waals surface area (Å²) in [5.74, 6) is 0.606. The van der Waals surface area contributed by atoms with Gasteiger partial charge in [0, 0.05) is 12.2 Å². The first-order valence-corrected chi connectivity index (χ1v) is 8.77. The van der Waals surface area contributed by atoms with Crippen LogP contribution in [0.15, 0.2) is 65.8 Å². The van der Waals surface area contributed by atoms with Crippen molar-refractivity contribution in [3.8, 4) is 0 Å². The molecule has 0 atom stereocenters. The Morgan fingerprint density at radius 1 is 1.00 bits per heavy atom. The molecule has 0 aliphatic heterocycles. The molecule has 0 spiro atoms. The summed E-state index contributed by atoms with van der Waals surface area (Å²) in [4.78, 5) is 0. The van der Waals surface area contributed by atoms with Crippen LogP contribution in [0.4, 0.5) is 0 Å². The van der Waals surface area contributed by atoms with Gasteiger partial charge in [0.15, 0.2) is 0 Å². The fraction of sp³-hybridized carbons (Fsp3) is 0.133. The van der Waals surface area contributed by atoms with Gasteiger partial charge in [0.2, 0.25) is 0 Å². The van der Waals surface area contributed by atoms with E-state index in [1.165, 1.54) is 11.8 Å². The van der Waals surface area contributed by atoms with Crippen molar-refractivity contribution in [3.05, 3.63) is 71.8 Å². The Hall–Kier alpha value is -0.194. The van der Waals surface area contributed by atoms with Crippen molar-refractivity contribution < 1.29 is 68.6 Å². The van der Waals surface area contributed by atoms with Gasteiger partial charge in [-0.15, -0.1) is 11.8 Å². The molecule has 2 aromatic rings. The normalized spacial score (nSPS) is 11.6. The van der Waals surface area contributed by atoms with Crippen molar-refractivity contribution in [1.29, 1.82) is 0 Å². The van der Waals surface area contributed by atoms with Crippen LogP contribution in [-0.2, 0) is 26.9 Å². The first-order valence-electron chi connectivity index (χ1n) is 6.45. The van der Waals surface area contributed by atoms with E-state index in [4.69, 9.17) is 0 Å². The first kappa shape index (κ1) is 20.9. The van der Waals surface area contributed by atoms with E-state index in [0.717, 1.165) is 11.1 Å². The summed E-state index contributed by atoms with van der Waals surface area (Å²) in [6.07, 6.45) is 0.397. The predicted octanol–water partition coefficient (Wildman–Crippen LogP) is -0.0432. The first-order chi connectivity index (χ1) is 10.5. The Bertz CT molecular complexity index is 722. The van der Waals surface area contributed by atoms with E-state index < -0.39 is 10.4 Å². The van der Waals surface area contributed by atoms with E-state index in [-0.39, 0.29) is 51.4 Å². The summed E-state index contributed by atoms with van der Waals surface area (Å²) in [5, 5.41) is 3.91. The van der Waals surface area contributed by atoms with Crippen molar-refractivity contribution in [2.24, 2.45) is 5.16 Å². The molecule has 0 unspecified atom stereocenters. The van der Waals surface area contributed by atoms with Crippen LogP contribution < -0.4 is 51.4 Å². The van der Waals surface area contributed by atoms with E-state index in [2.05, 4.69) is 9.44 Å². The zero-order chi connectivity index (χ0) is 15.8. The third-order valence-corrected chi connectivity index (χ3v) is 3.96. The summed E-state index contributed by atoms with van der Waals surface area (Å²) in [5.41, 5.74) is 2.02. The number of thioether (sulfide) groups is 1. The maximum absolute atomic E-state index is 10.6. The summed E-state index contributed by atoms with van der Waals surface area (Å²) in [6.45, 7) is 0. The van der Waals surface area contributed by atoms with Gasteiger partial charge in [-0.25, -0.2) is 0 Å². The van der Waals surface area contributed by atoms with Crippen LogP contribution >= 0.6 is 11.8 Å². The zero-order valence-electron chi connectivity index (χ0n) is 12.6. The number of rotatable bonds is 6. The number of hydrogen-bond donors (Lipinski definition) is 0. The molecule has 0 N–H and O–H groups in total. The predicted molar refractivity (Wildman–Crippen MR) is 86.1 cm³/mol. The Labute approximate surface area is 182 Å². The molecule has 2 rings (SSSR count). The molecule has 2 aromatic carbocycles. The Kier molecular flexibility index (Phi) is 9.63. The third kappa shape index (κ3) is 9.01. The van der Waals surface area contributed by atoms with Crippen LogP contribution in [-0.4, -0.2) is 18.0 Å². The molecular weight excluding hydrogens is 361 g/mol. The molecule has 8 heteroatoms. The smallest absolute Gasteiger partial charge is 0.714 e. The topological polar surface area (TPSA) is 78.8 Å². The zero-order valence-corrected chi connectivity index (χ0v) is 17.3. The van der Waals surface area contributed by atoms with Gasteiger partial charge in [0.05, 0.1) is 0 Å². The molecule has 0 amide bonds. The van der Waals surface area contributed by atoms with Crippen LogP contribution in [0, 0.1) is 0 Å². The van der Waals surface area contributed by atoms with Gasteiger partial charge in [-0.1, -0.05) is 65.8 Å². The number of benzene rings is 2. The van der Waals surface area contributed by atoms with Gasteiger partial charge in [0.1, 0.15) is 5.04 Å². The van der Waals surface area contributed by atoms with E-state index in [1.54, 1.807) is 0 Å². The van der Waals surface area contributed by atoms with Crippen LogP contribution in [0.5, 0.6) is 0 Å². The molecule has 0 bridgehead atoms. The van der Waals surface area contributed by atoms with Crippen molar-refractivity contribution in [2.75, 3.05) is 0 Å². The van der Waals surface area contributed by atoms with E-state index >= 15 is 0 Å². The second-order valence-corrected chi connectivity index (χ2v) is 6.42. The minimum absolute atomic E-state index is 0. The summed E-state index contributed by atoms with van der Waals surface area (Å²) >= 11 is 1.33. The standard InChI is InChI=1S/C15H15NO4S2.K/c17-22(18,19)20-16-15(11-13-7-3-1-4-8-13)21-12-14-9-5-2-6-10-14;/h1-10H,11-12H2,(H,17,18,19);/q;+1/p-1/b16-15-;. The molecule has 0 heterocycles. The Morgan fingerprint density at radius 3 is 2.04 bits per heavy atom. The Balaban J connectivity index is 0.00000264. The second-order valence-electron chi connectivity index (χ2n) is 4.40. The van der Waals surface area contributed by atoms with Gasteiger partial charge in [0.25, 0.3) is 10.4 Å². The largest absolute Gasteiger partial charge is 1.00 e. The fourth-order valence-corrected chi connectivity index (χ4v) is 2.82. The Morgan fingerprint density at radius 2 is 1.52 bits per heavy atom. The number of oxime groups is 1. The van der Waals surface area contributed by atoms with Crippen molar-refractivity contribution in [2.45, 2.75) is 12.2 Å². The summed E-state index contributed by atoms with van der Waals surface area (Å²) in [6, 6.07) is 19.1. The van der Waals surface area contributed by atoms with Crippen LogP contribution in [0.3, 0.4) is 0 Å². The average Bonchev–Trinajstić information content (AvgIpc) is 2.51. The molecule has 0 aliphatic rings.